The summed E-state index contributed by atoms with van der Waals surface area (Å²) in [6, 6.07) is 1.45. The fraction of sp³-hybridized carbons (Fsp3) is 0.533. The molecule has 3 fully saturated rings. The largest absolute Gasteiger partial charge is 0.491 e. The molecule has 3 aliphatic rings. The van der Waals surface area contributed by atoms with Gasteiger partial charge >= 0.3 is 0 Å². The molecule has 5 rings (SSSR count). The third-order valence-electron chi connectivity index (χ3n) is 4.80. The maximum absolute atomic E-state index is 14.1. The van der Waals surface area contributed by atoms with Gasteiger partial charge in [-0.15, -0.1) is 0 Å². The number of hydrogen-bond acceptors (Lipinski definition) is 5. The lowest BCUT2D eigenvalue weighted by molar-refractivity contribution is 0.0973. The number of rotatable bonds is 3. The average molecular weight is 309 g/mol. The summed E-state index contributed by atoms with van der Waals surface area (Å²) in [6.07, 6.45) is 2.29. The second-order valence-corrected chi connectivity index (χ2v) is 6.00. The van der Waals surface area contributed by atoms with Crippen LogP contribution in [0, 0.1) is 17.6 Å². The minimum atomic E-state index is -0.855. The highest BCUT2D eigenvalue weighted by molar-refractivity contribution is 5.89. The Morgan fingerprint density at radius 2 is 2.14 bits per heavy atom. The lowest BCUT2D eigenvalue weighted by Crippen LogP contribution is -2.53. The van der Waals surface area contributed by atoms with Crippen molar-refractivity contribution in [2.75, 3.05) is 32.1 Å². The summed E-state index contributed by atoms with van der Waals surface area (Å²) in [4.78, 5) is 2.39. The second kappa shape index (κ2) is 5.08. The number of anilines is 1. The molecule has 0 aliphatic carbocycles. The van der Waals surface area contributed by atoms with E-state index in [9.17, 15) is 8.78 Å². The van der Waals surface area contributed by atoms with E-state index in [2.05, 4.69) is 15.4 Å². The van der Waals surface area contributed by atoms with Gasteiger partial charge in [-0.2, -0.15) is 4.39 Å². The molecule has 4 heterocycles. The van der Waals surface area contributed by atoms with Gasteiger partial charge in [0.25, 0.3) is 0 Å². The second-order valence-electron chi connectivity index (χ2n) is 6.00. The normalized spacial score (nSPS) is 27.3. The van der Waals surface area contributed by atoms with Gasteiger partial charge in [0, 0.05) is 12.6 Å². The maximum atomic E-state index is 14.1. The van der Waals surface area contributed by atoms with Gasteiger partial charge in [0.1, 0.15) is 0 Å². The smallest absolute Gasteiger partial charge is 0.214 e. The van der Waals surface area contributed by atoms with Crippen molar-refractivity contribution in [2.24, 2.45) is 5.92 Å². The zero-order chi connectivity index (χ0) is 15.3. The van der Waals surface area contributed by atoms with Crippen molar-refractivity contribution >= 4 is 16.8 Å². The van der Waals surface area contributed by atoms with Crippen LogP contribution in [0.3, 0.4) is 0 Å². The summed E-state index contributed by atoms with van der Waals surface area (Å²) >= 11 is 0. The molecule has 0 spiro atoms. The number of piperidine rings is 3. The summed E-state index contributed by atoms with van der Waals surface area (Å²) in [5.41, 5.74) is -0.0815. The van der Waals surface area contributed by atoms with Crippen LogP contribution in [0.4, 0.5) is 14.6 Å². The van der Waals surface area contributed by atoms with Gasteiger partial charge in [-0.1, -0.05) is 5.16 Å². The highest BCUT2D eigenvalue weighted by Crippen LogP contribution is 2.35. The highest BCUT2D eigenvalue weighted by Gasteiger charge is 2.35. The van der Waals surface area contributed by atoms with Crippen LogP contribution in [0.15, 0.2) is 10.6 Å². The number of nitrogens with one attached hydrogen (secondary N) is 1. The van der Waals surface area contributed by atoms with Gasteiger partial charge in [-0.05, 0) is 37.9 Å². The summed E-state index contributed by atoms with van der Waals surface area (Å²) in [5, 5.41) is 7.50. The third kappa shape index (κ3) is 2.03. The fourth-order valence-corrected chi connectivity index (χ4v) is 3.59. The number of aromatic nitrogens is 1. The standard InChI is InChI=1S/C15H17F2N3O2/c1-21-14-10(16)6-9-13(12(14)17)22-19-15(9)18-11-7-20-4-2-8(11)3-5-20/h6,8,11H,2-5,7H2,1H3,(H,18,19). The molecule has 1 N–H and O–H groups in total. The van der Waals surface area contributed by atoms with E-state index >= 15 is 0 Å². The molecule has 3 saturated heterocycles. The van der Waals surface area contributed by atoms with Crippen LogP contribution in [0.5, 0.6) is 5.75 Å². The van der Waals surface area contributed by atoms with Crippen LogP contribution in [0.25, 0.3) is 11.0 Å². The molecule has 0 saturated carbocycles. The Morgan fingerprint density at radius 3 is 2.77 bits per heavy atom. The Hall–Kier alpha value is -1.89. The zero-order valence-electron chi connectivity index (χ0n) is 12.2. The van der Waals surface area contributed by atoms with Gasteiger partial charge in [0.2, 0.25) is 11.4 Å². The van der Waals surface area contributed by atoms with Crippen molar-refractivity contribution in [3.8, 4) is 5.75 Å². The number of ether oxygens (including phenoxy) is 1. The monoisotopic (exact) mass is 309 g/mol. The minimum absolute atomic E-state index is 0.0815. The highest BCUT2D eigenvalue weighted by atomic mass is 19.1. The van der Waals surface area contributed by atoms with E-state index in [4.69, 9.17) is 9.26 Å². The van der Waals surface area contributed by atoms with Crippen molar-refractivity contribution in [1.29, 1.82) is 0 Å². The fourth-order valence-electron chi connectivity index (χ4n) is 3.59. The van der Waals surface area contributed by atoms with E-state index in [-0.39, 0.29) is 11.6 Å². The summed E-state index contributed by atoms with van der Waals surface area (Å²) < 4.78 is 37.8. The van der Waals surface area contributed by atoms with Crippen molar-refractivity contribution in [2.45, 2.75) is 18.9 Å². The molecular weight excluding hydrogens is 292 g/mol. The maximum Gasteiger partial charge on any atom is 0.214 e. The van der Waals surface area contributed by atoms with Crippen LogP contribution in [0.1, 0.15) is 12.8 Å². The van der Waals surface area contributed by atoms with Gasteiger partial charge in [0.15, 0.2) is 17.4 Å². The molecule has 1 aromatic carbocycles. The van der Waals surface area contributed by atoms with Crippen molar-refractivity contribution in [3.63, 3.8) is 0 Å². The van der Waals surface area contributed by atoms with Crippen LogP contribution in [0.2, 0.25) is 0 Å². The quantitative estimate of drug-likeness (QED) is 0.944. The molecule has 1 atom stereocenters. The molecule has 0 radical (unpaired) electrons. The van der Waals surface area contributed by atoms with Crippen LogP contribution in [-0.4, -0.2) is 42.8 Å². The van der Waals surface area contributed by atoms with E-state index in [1.54, 1.807) is 0 Å². The molecule has 1 aromatic heterocycles. The number of fused-ring (bicyclic) bond motifs is 4. The predicted molar refractivity (Wildman–Crippen MR) is 77.1 cm³/mol. The Bertz CT molecular complexity index is 710. The first-order valence-electron chi connectivity index (χ1n) is 7.47. The van der Waals surface area contributed by atoms with E-state index in [0.29, 0.717) is 17.1 Å². The van der Waals surface area contributed by atoms with Crippen molar-refractivity contribution < 1.29 is 18.0 Å². The number of benzene rings is 1. The third-order valence-corrected chi connectivity index (χ3v) is 4.80. The summed E-state index contributed by atoms with van der Waals surface area (Å²) in [7, 11) is 1.22. The molecule has 3 aliphatic heterocycles. The Labute approximate surface area is 126 Å². The SMILES string of the molecule is COc1c(F)cc2c(NC3CN4CCC3CC4)noc2c1F. The van der Waals surface area contributed by atoms with Gasteiger partial charge < -0.3 is 19.5 Å². The van der Waals surface area contributed by atoms with E-state index in [0.717, 1.165) is 32.5 Å². The molecular formula is C15H17F2N3O2. The van der Waals surface area contributed by atoms with Gasteiger partial charge in [-0.3, -0.25) is 0 Å². The molecule has 1 unspecified atom stereocenters. The Morgan fingerprint density at radius 1 is 1.36 bits per heavy atom. The van der Waals surface area contributed by atoms with Crippen LogP contribution in [-0.2, 0) is 0 Å². The molecule has 0 amide bonds. The zero-order valence-corrected chi connectivity index (χ0v) is 12.2. The van der Waals surface area contributed by atoms with Crippen LogP contribution >= 0.6 is 0 Å². The lowest BCUT2D eigenvalue weighted by atomic mass is 9.84. The Balaban J connectivity index is 1.68. The molecule has 7 heteroatoms. The van der Waals surface area contributed by atoms with E-state index in [1.165, 1.54) is 13.2 Å². The number of methoxy groups -OCH3 is 1. The number of hydrogen-bond donors (Lipinski definition) is 1. The van der Waals surface area contributed by atoms with E-state index < -0.39 is 17.4 Å². The summed E-state index contributed by atoms with van der Waals surface area (Å²) in [5.74, 6) is -1.09. The number of halogens is 2. The van der Waals surface area contributed by atoms with E-state index in [1.807, 2.05) is 0 Å². The molecule has 2 bridgehead atoms. The van der Waals surface area contributed by atoms with Crippen LogP contribution < -0.4 is 10.1 Å². The minimum Gasteiger partial charge on any atom is -0.491 e. The first kappa shape index (κ1) is 13.8. The molecule has 118 valence electrons. The number of nitrogens with zero attached hydrogens (tertiary/aromatic N) is 2. The lowest BCUT2D eigenvalue weighted by Gasteiger charge is -2.44. The topological polar surface area (TPSA) is 50.5 Å². The predicted octanol–water partition coefficient (Wildman–Crippen LogP) is 2.62. The molecule has 5 nitrogen and oxygen atoms in total. The first-order valence-corrected chi connectivity index (χ1v) is 7.47. The van der Waals surface area contributed by atoms with Crippen molar-refractivity contribution in [3.05, 3.63) is 17.7 Å². The summed E-state index contributed by atoms with van der Waals surface area (Å²) in [6.45, 7) is 3.19. The Kier molecular flexibility index (Phi) is 3.18. The average Bonchev–Trinajstić information content (AvgIpc) is 2.92. The van der Waals surface area contributed by atoms with Gasteiger partial charge in [-0.25, -0.2) is 4.39 Å². The first-order chi connectivity index (χ1) is 10.7. The molecule has 22 heavy (non-hydrogen) atoms. The van der Waals surface area contributed by atoms with Crippen molar-refractivity contribution in [1.82, 2.24) is 10.1 Å². The van der Waals surface area contributed by atoms with Gasteiger partial charge in [0.05, 0.1) is 12.5 Å². The molecule has 2 aromatic rings.